The molecule has 1 aromatic carbocycles. The van der Waals surface area contributed by atoms with E-state index >= 15 is 0 Å². The molecule has 6 nitrogen and oxygen atoms in total. The Morgan fingerprint density at radius 1 is 1.06 bits per heavy atom. The van der Waals surface area contributed by atoms with Crippen molar-refractivity contribution in [1.82, 2.24) is 15.2 Å². The van der Waals surface area contributed by atoms with Gasteiger partial charge in [0, 0.05) is 49.4 Å². The van der Waals surface area contributed by atoms with Crippen molar-refractivity contribution in [2.24, 2.45) is 0 Å². The van der Waals surface area contributed by atoms with Gasteiger partial charge < -0.3 is 14.9 Å². The summed E-state index contributed by atoms with van der Waals surface area (Å²) in [6.07, 6.45) is 6.06. The summed E-state index contributed by atoms with van der Waals surface area (Å²) in [6.45, 7) is 10.6. The molecule has 0 bridgehead atoms. The van der Waals surface area contributed by atoms with Crippen molar-refractivity contribution < 1.29 is 5.11 Å². The van der Waals surface area contributed by atoms with Crippen LogP contribution in [0.4, 0.5) is 11.6 Å². The van der Waals surface area contributed by atoms with Gasteiger partial charge in [0.15, 0.2) is 5.82 Å². The van der Waals surface area contributed by atoms with E-state index in [1.165, 1.54) is 23.1 Å². The van der Waals surface area contributed by atoms with Crippen LogP contribution in [0.2, 0.25) is 0 Å². The molecule has 3 aromatic rings. The van der Waals surface area contributed by atoms with Gasteiger partial charge in [-0.05, 0) is 69.7 Å². The number of anilines is 2. The zero-order chi connectivity index (χ0) is 23.9. The van der Waals surface area contributed by atoms with Crippen LogP contribution >= 0.6 is 0 Å². The molecule has 34 heavy (non-hydrogen) atoms. The van der Waals surface area contributed by atoms with Gasteiger partial charge in [-0.15, -0.1) is 5.10 Å². The molecule has 0 radical (unpaired) electrons. The Balaban J connectivity index is 1.34. The summed E-state index contributed by atoms with van der Waals surface area (Å²) in [5.74, 6) is 2.06. The van der Waals surface area contributed by atoms with Crippen molar-refractivity contribution in [1.29, 1.82) is 0 Å². The first-order valence-corrected chi connectivity index (χ1v) is 12.4. The van der Waals surface area contributed by atoms with Gasteiger partial charge in [-0.1, -0.05) is 30.3 Å². The van der Waals surface area contributed by atoms with Crippen molar-refractivity contribution >= 4 is 11.6 Å². The Hall–Kier alpha value is -2.99. The fraction of sp³-hybridized carbons (Fsp3) is 0.464. The summed E-state index contributed by atoms with van der Waals surface area (Å²) < 4.78 is 0. The first-order valence-electron chi connectivity index (χ1n) is 12.4. The molecule has 0 unspecified atom stereocenters. The van der Waals surface area contributed by atoms with Gasteiger partial charge in [0.1, 0.15) is 5.82 Å². The third-order valence-corrected chi connectivity index (χ3v) is 7.29. The first-order chi connectivity index (χ1) is 16.3. The van der Waals surface area contributed by atoms with Gasteiger partial charge in [0.05, 0.1) is 11.3 Å². The number of hydrogen-bond donors (Lipinski definition) is 1. The van der Waals surface area contributed by atoms with Crippen molar-refractivity contribution in [3.8, 4) is 0 Å². The molecule has 1 saturated heterocycles. The van der Waals surface area contributed by atoms with E-state index in [0.29, 0.717) is 6.04 Å². The lowest BCUT2D eigenvalue weighted by Gasteiger charge is -2.41. The Bertz CT molecular complexity index is 1170. The zero-order valence-electron chi connectivity index (χ0n) is 20.8. The molecule has 5 rings (SSSR count). The average Bonchev–Trinajstić information content (AvgIpc) is 3.29. The molecule has 1 fully saturated rings. The Morgan fingerprint density at radius 3 is 2.53 bits per heavy atom. The number of rotatable bonds is 5. The molecule has 0 amide bonds. The minimum atomic E-state index is -0.883. The molecule has 2 aromatic heterocycles. The minimum absolute atomic E-state index is 0.302. The molecule has 0 spiro atoms. The van der Waals surface area contributed by atoms with Crippen LogP contribution in [0, 0.1) is 6.92 Å². The maximum Gasteiger partial charge on any atom is 0.154 e. The Labute approximate surface area is 202 Å². The second kappa shape index (κ2) is 8.99. The molecule has 6 heteroatoms. The quantitative estimate of drug-likeness (QED) is 0.619. The third kappa shape index (κ3) is 4.39. The highest BCUT2D eigenvalue weighted by molar-refractivity contribution is 5.56. The largest absolute Gasteiger partial charge is 0.386 e. The molecule has 178 valence electrons. The molecular formula is C28H35N5O. The Morgan fingerprint density at radius 2 is 1.82 bits per heavy atom. The summed E-state index contributed by atoms with van der Waals surface area (Å²) in [7, 11) is 0. The van der Waals surface area contributed by atoms with Crippen molar-refractivity contribution in [2.75, 3.05) is 29.4 Å². The molecular weight excluding hydrogens is 422 g/mol. The van der Waals surface area contributed by atoms with Crippen LogP contribution in [0.25, 0.3) is 0 Å². The zero-order valence-corrected chi connectivity index (χ0v) is 20.8. The summed E-state index contributed by atoms with van der Waals surface area (Å²) in [4.78, 5) is 9.50. The van der Waals surface area contributed by atoms with Crippen molar-refractivity contribution in [3.05, 3.63) is 76.1 Å². The lowest BCUT2D eigenvalue weighted by Crippen LogP contribution is -2.53. The van der Waals surface area contributed by atoms with Crippen molar-refractivity contribution in [3.63, 3.8) is 0 Å². The normalized spacial score (nSPS) is 18.3. The highest BCUT2D eigenvalue weighted by atomic mass is 16.3. The molecule has 0 saturated carbocycles. The molecule has 1 aliphatic heterocycles. The smallest absolute Gasteiger partial charge is 0.154 e. The molecule has 1 atom stereocenters. The third-order valence-electron chi connectivity index (χ3n) is 7.29. The highest BCUT2D eigenvalue weighted by Gasteiger charge is 2.30. The van der Waals surface area contributed by atoms with Crippen LogP contribution < -0.4 is 9.80 Å². The van der Waals surface area contributed by atoms with Crippen LogP contribution in [0.1, 0.15) is 60.7 Å². The van der Waals surface area contributed by atoms with Gasteiger partial charge in [0.2, 0.25) is 0 Å². The monoisotopic (exact) mass is 457 g/mol. The van der Waals surface area contributed by atoms with E-state index in [4.69, 9.17) is 15.2 Å². The maximum absolute atomic E-state index is 10.4. The molecule has 2 aliphatic rings. The van der Waals surface area contributed by atoms with Crippen LogP contribution in [0.3, 0.4) is 0 Å². The number of hydrogen-bond acceptors (Lipinski definition) is 6. The summed E-state index contributed by atoms with van der Waals surface area (Å²) >= 11 is 0. The lowest BCUT2D eigenvalue weighted by molar-refractivity contribution is 0.0775. The van der Waals surface area contributed by atoms with Crippen LogP contribution in [0.15, 0.2) is 42.6 Å². The number of fused-ring (bicyclic) bond motifs is 1. The molecule has 3 heterocycles. The number of nitrogens with zero attached hydrogens (tertiary/aromatic N) is 5. The second-order valence-corrected chi connectivity index (χ2v) is 10.3. The first kappa shape index (κ1) is 22.8. The van der Waals surface area contributed by atoms with E-state index in [2.05, 4.69) is 60.0 Å². The maximum atomic E-state index is 10.4. The van der Waals surface area contributed by atoms with Gasteiger partial charge in [0.25, 0.3) is 0 Å². The molecule has 1 N–H and O–H groups in total. The summed E-state index contributed by atoms with van der Waals surface area (Å²) in [5, 5.41) is 19.9. The number of aromatic nitrogens is 3. The molecule has 1 aliphatic carbocycles. The summed E-state index contributed by atoms with van der Waals surface area (Å²) in [6, 6.07) is 13.0. The topological polar surface area (TPSA) is 65.4 Å². The number of aryl methyl sites for hydroxylation is 1. The number of pyridine rings is 1. The lowest BCUT2D eigenvalue weighted by atomic mass is 9.96. The predicted molar refractivity (Wildman–Crippen MR) is 137 cm³/mol. The second-order valence-electron chi connectivity index (χ2n) is 10.3. The van der Waals surface area contributed by atoms with Gasteiger partial charge >= 0.3 is 0 Å². The standard InChI is InChI=1S/C28H35N5O/c1-19-15-26(29-17-24(19)28(3,4)34)33-14-13-32(18-20(33)2)27-23-12-8-11-22(23)25(30-31-27)16-21-9-6-5-7-10-21/h5-7,9-10,15,17,20,34H,8,11-14,16,18H2,1-4H3/t20-/m1/s1. The van der Waals surface area contributed by atoms with Crippen LogP contribution in [0.5, 0.6) is 0 Å². The van der Waals surface area contributed by atoms with Crippen molar-refractivity contribution in [2.45, 2.75) is 65.0 Å². The fourth-order valence-corrected chi connectivity index (χ4v) is 5.55. The van der Waals surface area contributed by atoms with Crippen LogP contribution in [-0.4, -0.2) is 46.0 Å². The number of piperazine rings is 1. The van der Waals surface area contributed by atoms with E-state index in [1.807, 2.05) is 20.0 Å². The summed E-state index contributed by atoms with van der Waals surface area (Å²) in [5.41, 5.74) is 6.33. The predicted octanol–water partition coefficient (Wildman–Crippen LogP) is 4.20. The number of aliphatic hydroxyl groups is 1. The van der Waals surface area contributed by atoms with Gasteiger partial charge in [-0.25, -0.2) is 4.98 Å². The van der Waals surface area contributed by atoms with E-state index in [9.17, 15) is 5.11 Å². The minimum Gasteiger partial charge on any atom is -0.386 e. The fourth-order valence-electron chi connectivity index (χ4n) is 5.55. The van der Waals surface area contributed by atoms with E-state index in [-0.39, 0.29) is 0 Å². The van der Waals surface area contributed by atoms with Gasteiger partial charge in [-0.3, -0.25) is 0 Å². The van der Waals surface area contributed by atoms with E-state index < -0.39 is 5.60 Å². The average molecular weight is 458 g/mol. The van der Waals surface area contributed by atoms with E-state index in [0.717, 1.165) is 67.4 Å². The van der Waals surface area contributed by atoms with Crippen LogP contribution in [-0.2, 0) is 24.9 Å². The number of benzene rings is 1. The SMILES string of the molecule is Cc1cc(N2CCN(c3nnc(Cc4ccccc4)c4c3CCC4)C[C@H]2C)ncc1C(C)(C)O. The van der Waals surface area contributed by atoms with E-state index in [1.54, 1.807) is 0 Å². The highest BCUT2D eigenvalue weighted by Crippen LogP contribution is 2.34. The Kier molecular flexibility index (Phi) is 6.02. The van der Waals surface area contributed by atoms with Gasteiger partial charge in [-0.2, -0.15) is 5.10 Å².